The summed E-state index contributed by atoms with van der Waals surface area (Å²) < 4.78 is 37.6. The second kappa shape index (κ2) is 12.1. The summed E-state index contributed by atoms with van der Waals surface area (Å²) in [4.78, 5) is 19.1. The second-order valence-electron chi connectivity index (χ2n) is 9.50. The molecule has 0 unspecified atom stereocenters. The number of fused-ring (bicyclic) bond motifs is 1. The maximum atomic E-state index is 14.9. The summed E-state index contributed by atoms with van der Waals surface area (Å²) in [6.45, 7) is 2.03. The van der Waals surface area contributed by atoms with Gasteiger partial charge in [-0.25, -0.2) is 9.18 Å². The van der Waals surface area contributed by atoms with E-state index in [1.165, 1.54) is 12.1 Å². The van der Waals surface area contributed by atoms with Gasteiger partial charge < -0.3 is 34.5 Å². The fraction of sp³-hybridized carbons (Fsp3) is 0.267. The number of nitrogens with zero attached hydrogens (tertiary/aromatic N) is 2. The van der Waals surface area contributed by atoms with Crippen LogP contribution in [0.2, 0.25) is 0 Å². The molecule has 0 radical (unpaired) electrons. The predicted molar refractivity (Wildman–Crippen MR) is 152 cm³/mol. The molecule has 5 rings (SSSR count). The number of aromatic nitrogens is 1. The molecule has 0 atom stereocenters. The van der Waals surface area contributed by atoms with Crippen LogP contribution in [-0.2, 0) is 0 Å². The summed E-state index contributed by atoms with van der Waals surface area (Å²) in [6.07, 6.45) is 3.75. The minimum Gasteiger partial charge on any atom is -0.493 e. The van der Waals surface area contributed by atoms with Crippen LogP contribution in [0.25, 0.3) is 10.9 Å². The van der Waals surface area contributed by atoms with Gasteiger partial charge in [-0.15, -0.1) is 0 Å². The fourth-order valence-electron chi connectivity index (χ4n) is 4.52. The number of urea groups is 1. The first-order valence-electron chi connectivity index (χ1n) is 12.9. The van der Waals surface area contributed by atoms with Crippen LogP contribution in [0, 0.1) is 5.82 Å². The lowest BCUT2D eigenvalue weighted by atomic mass is 10.1. The molecule has 208 valence electrons. The highest BCUT2D eigenvalue weighted by molar-refractivity contribution is 5.99. The Morgan fingerprint density at radius 3 is 2.30 bits per heavy atom. The molecule has 0 aliphatic carbocycles. The Morgan fingerprint density at radius 1 is 0.900 bits per heavy atom. The number of likely N-dealkylation sites (tertiary alicyclic amines) is 1. The summed E-state index contributed by atoms with van der Waals surface area (Å²) >= 11 is 0. The van der Waals surface area contributed by atoms with Crippen molar-refractivity contribution in [1.29, 1.82) is 0 Å². The lowest BCUT2D eigenvalue weighted by Crippen LogP contribution is -2.35. The molecule has 3 aromatic carbocycles. The van der Waals surface area contributed by atoms with Gasteiger partial charge in [-0.2, -0.15) is 0 Å². The Kier molecular flexibility index (Phi) is 8.16. The molecule has 0 saturated carbocycles. The van der Waals surface area contributed by atoms with Crippen LogP contribution in [0.3, 0.4) is 0 Å². The number of methoxy groups -OCH3 is 2. The van der Waals surface area contributed by atoms with Crippen LogP contribution >= 0.6 is 0 Å². The van der Waals surface area contributed by atoms with Gasteiger partial charge in [0, 0.05) is 42.5 Å². The first-order valence-corrected chi connectivity index (χ1v) is 12.9. The van der Waals surface area contributed by atoms with Crippen LogP contribution in [0.4, 0.5) is 20.6 Å². The monoisotopic (exact) mass is 546 g/mol. The van der Waals surface area contributed by atoms with E-state index in [1.54, 1.807) is 56.8 Å². The number of anilines is 2. The molecule has 10 heteroatoms. The second-order valence-corrected chi connectivity index (χ2v) is 9.50. The highest BCUT2D eigenvalue weighted by Crippen LogP contribution is 2.37. The van der Waals surface area contributed by atoms with Crippen molar-refractivity contribution in [3.63, 3.8) is 0 Å². The molecule has 1 aliphatic rings. The number of benzene rings is 3. The van der Waals surface area contributed by atoms with E-state index in [9.17, 15) is 9.18 Å². The quantitative estimate of drug-likeness (QED) is 0.268. The van der Waals surface area contributed by atoms with Gasteiger partial charge in [0.1, 0.15) is 29.2 Å². The lowest BCUT2D eigenvalue weighted by molar-refractivity contribution is 0.114. The number of amides is 2. The van der Waals surface area contributed by atoms with E-state index < -0.39 is 11.8 Å². The van der Waals surface area contributed by atoms with Gasteiger partial charge >= 0.3 is 6.03 Å². The topological polar surface area (TPSA) is 94.2 Å². The first-order chi connectivity index (χ1) is 19.4. The number of rotatable bonds is 8. The zero-order chi connectivity index (χ0) is 28.1. The first kappa shape index (κ1) is 27.0. The molecule has 2 heterocycles. The SMILES string of the molecule is COc1cc2nccc(Oc3ccc(NC(=O)Nc4ccc(OC5CCN(C)CC5)cc4)c(F)c3)c2cc1OC. The number of nitrogens with one attached hydrogen (secondary N) is 2. The van der Waals surface area contributed by atoms with Crippen molar-refractivity contribution in [2.24, 2.45) is 0 Å². The number of halogens is 1. The average Bonchev–Trinajstić information content (AvgIpc) is 2.96. The van der Waals surface area contributed by atoms with Crippen LogP contribution in [-0.4, -0.2) is 56.4 Å². The Labute approximate surface area is 231 Å². The van der Waals surface area contributed by atoms with Crippen molar-refractivity contribution in [1.82, 2.24) is 9.88 Å². The molecule has 0 spiro atoms. The number of pyridine rings is 1. The van der Waals surface area contributed by atoms with Gasteiger partial charge in [0.15, 0.2) is 11.5 Å². The number of hydrogen-bond acceptors (Lipinski definition) is 7. The molecule has 0 bridgehead atoms. The van der Waals surface area contributed by atoms with E-state index in [4.69, 9.17) is 18.9 Å². The molecular weight excluding hydrogens is 515 g/mol. The van der Waals surface area contributed by atoms with Gasteiger partial charge in [0.2, 0.25) is 0 Å². The van der Waals surface area contributed by atoms with Crippen LogP contribution in [0.5, 0.6) is 28.7 Å². The minimum atomic E-state index is -0.646. The van der Waals surface area contributed by atoms with Crippen molar-refractivity contribution in [3.8, 4) is 28.7 Å². The summed E-state index contributed by atoms with van der Waals surface area (Å²) in [5.74, 6) is 1.88. The van der Waals surface area contributed by atoms with Crippen LogP contribution in [0.1, 0.15) is 12.8 Å². The van der Waals surface area contributed by atoms with Gasteiger partial charge in [-0.3, -0.25) is 4.98 Å². The third-order valence-electron chi connectivity index (χ3n) is 6.70. The number of carbonyl (C=O) groups excluding carboxylic acids is 1. The number of hydrogen-bond donors (Lipinski definition) is 2. The van der Waals surface area contributed by atoms with Crippen molar-refractivity contribution in [2.45, 2.75) is 18.9 Å². The maximum absolute atomic E-state index is 14.9. The molecule has 40 heavy (non-hydrogen) atoms. The van der Waals surface area contributed by atoms with E-state index in [2.05, 4.69) is 27.6 Å². The summed E-state index contributed by atoms with van der Waals surface area (Å²) in [7, 11) is 5.19. The number of carbonyl (C=O) groups is 1. The molecule has 2 N–H and O–H groups in total. The summed E-state index contributed by atoms with van der Waals surface area (Å²) in [5, 5.41) is 5.92. The predicted octanol–water partition coefficient (Wildman–Crippen LogP) is 6.30. The Bertz CT molecular complexity index is 1490. The smallest absolute Gasteiger partial charge is 0.323 e. The van der Waals surface area contributed by atoms with E-state index in [1.807, 2.05) is 12.1 Å². The Morgan fingerprint density at radius 2 is 1.60 bits per heavy atom. The highest BCUT2D eigenvalue weighted by Gasteiger charge is 2.18. The molecular formula is C30H31FN4O5. The van der Waals surface area contributed by atoms with E-state index >= 15 is 0 Å². The van der Waals surface area contributed by atoms with Crippen LogP contribution in [0.15, 0.2) is 66.9 Å². The molecule has 2 amide bonds. The van der Waals surface area contributed by atoms with Crippen LogP contribution < -0.4 is 29.6 Å². The van der Waals surface area contributed by atoms with Crippen molar-refractivity contribution >= 4 is 28.3 Å². The Balaban J connectivity index is 1.20. The molecule has 1 aromatic heterocycles. The molecule has 1 fully saturated rings. The molecule has 9 nitrogen and oxygen atoms in total. The zero-order valence-corrected chi connectivity index (χ0v) is 22.6. The van der Waals surface area contributed by atoms with Gasteiger partial charge in [0.25, 0.3) is 0 Å². The van der Waals surface area contributed by atoms with Crippen molar-refractivity contribution in [3.05, 3.63) is 72.7 Å². The van der Waals surface area contributed by atoms with Gasteiger partial charge in [-0.1, -0.05) is 0 Å². The third kappa shape index (κ3) is 6.35. The molecule has 1 saturated heterocycles. The Hall–Kier alpha value is -4.57. The standard InChI is InChI=1S/C30H31FN4O5/c1-35-14-11-21(12-15-35)39-20-6-4-19(5-7-20)33-30(36)34-25-9-8-22(16-24(25)31)40-27-10-13-32-26-18-29(38-3)28(37-2)17-23(26)27/h4-10,13,16-18,21H,11-12,14-15H2,1-3H3,(H2,33,34,36). The summed E-state index contributed by atoms with van der Waals surface area (Å²) in [6, 6.07) is 15.9. The van der Waals surface area contributed by atoms with Crippen molar-refractivity contribution < 1.29 is 28.1 Å². The van der Waals surface area contributed by atoms with Gasteiger partial charge in [0.05, 0.1) is 25.4 Å². The van der Waals surface area contributed by atoms with Gasteiger partial charge in [-0.05, 0) is 68.4 Å². The number of ether oxygens (including phenoxy) is 4. The fourth-order valence-corrected chi connectivity index (χ4v) is 4.52. The largest absolute Gasteiger partial charge is 0.493 e. The highest BCUT2D eigenvalue weighted by atomic mass is 19.1. The van der Waals surface area contributed by atoms with E-state index in [0.29, 0.717) is 33.8 Å². The molecule has 4 aromatic rings. The normalized spacial score (nSPS) is 14.0. The van der Waals surface area contributed by atoms with Crippen molar-refractivity contribution in [2.75, 3.05) is 45.0 Å². The molecule has 1 aliphatic heterocycles. The average molecular weight is 547 g/mol. The third-order valence-corrected chi connectivity index (χ3v) is 6.70. The minimum absolute atomic E-state index is 0.0121. The number of piperidine rings is 1. The maximum Gasteiger partial charge on any atom is 0.323 e. The van der Waals surface area contributed by atoms with E-state index in [-0.39, 0.29) is 17.5 Å². The van der Waals surface area contributed by atoms with E-state index in [0.717, 1.165) is 31.7 Å². The lowest BCUT2D eigenvalue weighted by Gasteiger charge is -2.29. The summed E-state index contributed by atoms with van der Waals surface area (Å²) in [5.41, 5.74) is 1.20. The zero-order valence-electron chi connectivity index (χ0n) is 22.6.